The number of carbonyl (C=O) groups is 2. The molecule has 5 nitrogen and oxygen atoms in total. The summed E-state index contributed by atoms with van der Waals surface area (Å²) in [4.78, 5) is 23.9. The molecule has 0 aliphatic rings. The van der Waals surface area contributed by atoms with Gasteiger partial charge in [0.25, 0.3) is 0 Å². The zero-order valence-electron chi connectivity index (χ0n) is 11.2. The van der Waals surface area contributed by atoms with E-state index in [-0.39, 0.29) is 18.0 Å². The van der Waals surface area contributed by atoms with Crippen molar-refractivity contribution in [1.82, 2.24) is 10.2 Å². The molecule has 0 radical (unpaired) electrons. The van der Waals surface area contributed by atoms with E-state index in [1.54, 1.807) is 18.9 Å². The van der Waals surface area contributed by atoms with E-state index in [0.717, 1.165) is 6.42 Å². The summed E-state index contributed by atoms with van der Waals surface area (Å²) in [5.41, 5.74) is 0. The van der Waals surface area contributed by atoms with Gasteiger partial charge in [-0.25, -0.2) is 4.79 Å². The van der Waals surface area contributed by atoms with Gasteiger partial charge < -0.3 is 15.3 Å². The maximum atomic E-state index is 11.6. The molecule has 0 saturated heterocycles. The van der Waals surface area contributed by atoms with Crippen molar-refractivity contribution in [3.8, 4) is 0 Å². The van der Waals surface area contributed by atoms with Crippen molar-refractivity contribution in [2.24, 2.45) is 5.92 Å². The molecule has 0 aromatic carbocycles. The van der Waals surface area contributed by atoms with E-state index in [1.807, 2.05) is 13.8 Å². The van der Waals surface area contributed by atoms with Crippen LogP contribution < -0.4 is 5.32 Å². The maximum Gasteiger partial charge on any atom is 0.317 e. The number of carboxylic acids is 1. The minimum atomic E-state index is -0.784. The van der Waals surface area contributed by atoms with Crippen molar-refractivity contribution in [3.05, 3.63) is 0 Å². The van der Waals surface area contributed by atoms with E-state index in [9.17, 15) is 9.59 Å². The molecule has 2 atom stereocenters. The number of amides is 2. The highest BCUT2D eigenvalue weighted by Crippen LogP contribution is 2.05. The molecular formula is C12H24N2O3. The lowest BCUT2D eigenvalue weighted by Gasteiger charge is -2.24. The molecule has 2 amide bonds. The number of carbonyl (C=O) groups excluding carboxylic acids is 1. The van der Waals surface area contributed by atoms with Crippen molar-refractivity contribution < 1.29 is 14.7 Å². The number of aliphatic carboxylic acids is 1. The number of nitrogens with one attached hydrogen (secondary N) is 1. The fourth-order valence-electron chi connectivity index (χ4n) is 1.33. The Balaban J connectivity index is 3.75. The van der Waals surface area contributed by atoms with Gasteiger partial charge in [-0.1, -0.05) is 13.8 Å². The van der Waals surface area contributed by atoms with E-state index in [0.29, 0.717) is 19.4 Å². The molecule has 0 saturated carbocycles. The molecule has 0 spiro atoms. The fourth-order valence-corrected chi connectivity index (χ4v) is 1.33. The molecule has 0 rings (SSSR count). The van der Waals surface area contributed by atoms with Crippen LogP contribution in [0.2, 0.25) is 0 Å². The molecule has 5 heteroatoms. The summed E-state index contributed by atoms with van der Waals surface area (Å²) >= 11 is 0. The molecule has 0 aliphatic carbocycles. The number of carboxylic acid groups (broad SMARTS) is 1. The van der Waals surface area contributed by atoms with Gasteiger partial charge in [0, 0.05) is 19.6 Å². The molecule has 2 N–H and O–H groups in total. The van der Waals surface area contributed by atoms with Crippen LogP contribution in [-0.2, 0) is 4.79 Å². The van der Waals surface area contributed by atoms with Crippen LogP contribution >= 0.6 is 0 Å². The van der Waals surface area contributed by atoms with Crippen LogP contribution in [0.3, 0.4) is 0 Å². The minimum absolute atomic E-state index is 0.0951. The van der Waals surface area contributed by atoms with Gasteiger partial charge in [0.15, 0.2) is 0 Å². The quantitative estimate of drug-likeness (QED) is 0.672. The lowest BCUT2D eigenvalue weighted by atomic mass is 10.1. The van der Waals surface area contributed by atoms with Gasteiger partial charge in [-0.2, -0.15) is 0 Å². The number of hydrogen-bond acceptors (Lipinski definition) is 2. The molecule has 2 unspecified atom stereocenters. The van der Waals surface area contributed by atoms with E-state index in [2.05, 4.69) is 5.32 Å². The predicted molar refractivity (Wildman–Crippen MR) is 66.9 cm³/mol. The van der Waals surface area contributed by atoms with Crippen molar-refractivity contribution in [2.75, 3.05) is 13.6 Å². The topological polar surface area (TPSA) is 69.6 Å². The van der Waals surface area contributed by atoms with Crippen LogP contribution in [0.1, 0.15) is 40.0 Å². The highest BCUT2D eigenvalue weighted by atomic mass is 16.4. The monoisotopic (exact) mass is 244 g/mol. The summed E-state index contributed by atoms with van der Waals surface area (Å²) in [5, 5.41) is 11.5. The normalized spacial score (nSPS) is 13.9. The largest absolute Gasteiger partial charge is 0.481 e. The van der Waals surface area contributed by atoms with Gasteiger partial charge in [-0.3, -0.25) is 4.79 Å². The lowest BCUT2D eigenvalue weighted by Crippen LogP contribution is -2.42. The second-order valence-electron chi connectivity index (χ2n) is 4.48. The van der Waals surface area contributed by atoms with Crippen molar-refractivity contribution >= 4 is 12.0 Å². The zero-order valence-corrected chi connectivity index (χ0v) is 11.2. The highest BCUT2D eigenvalue weighted by molar-refractivity contribution is 5.74. The third kappa shape index (κ3) is 6.14. The van der Waals surface area contributed by atoms with E-state index >= 15 is 0 Å². The SMILES string of the molecule is CCC(C)N(C)C(=O)NCCCC(C)C(=O)O. The van der Waals surface area contributed by atoms with Crippen molar-refractivity contribution in [3.63, 3.8) is 0 Å². The Kier molecular flexibility index (Phi) is 7.34. The molecule has 0 fully saturated rings. The van der Waals surface area contributed by atoms with Crippen LogP contribution in [0.5, 0.6) is 0 Å². The Morgan fingerprint density at radius 2 is 1.94 bits per heavy atom. The summed E-state index contributed by atoms with van der Waals surface area (Å²) in [6.45, 7) is 6.22. The first-order valence-electron chi connectivity index (χ1n) is 6.13. The van der Waals surface area contributed by atoms with Gasteiger partial charge in [0.1, 0.15) is 0 Å². The Labute approximate surface area is 103 Å². The number of nitrogens with zero attached hydrogens (tertiary/aromatic N) is 1. The van der Waals surface area contributed by atoms with E-state index < -0.39 is 5.97 Å². The van der Waals surface area contributed by atoms with Crippen LogP contribution in [-0.4, -0.2) is 41.6 Å². The van der Waals surface area contributed by atoms with Gasteiger partial charge in [-0.05, 0) is 26.2 Å². The van der Waals surface area contributed by atoms with E-state index in [4.69, 9.17) is 5.11 Å². The van der Waals surface area contributed by atoms with Gasteiger partial charge in [0.2, 0.25) is 0 Å². The highest BCUT2D eigenvalue weighted by Gasteiger charge is 2.14. The van der Waals surface area contributed by atoms with Crippen LogP contribution in [0.25, 0.3) is 0 Å². The Bertz CT molecular complexity index is 256. The van der Waals surface area contributed by atoms with Crippen molar-refractivity contribution in [2.45, 2.75) is 46.1 Å². The summed E-state index contributed by atoms with van der Waals surface area (Å²) < 4.78 is 0. The smallest absolute Gasteiger partial charge is 0.317 e. The van der Waals surface area contributed by atoms with Gasteiger partial charge >= 0.3 is 12.0 Å². The first-order chi connectivity index (χ1) is 7.90. The summed E-state index contributed by atoms with van der Waals surface area (Å²) in [7, 11) is 1.77. The summed E-state index contributed by atoms with van der Waals surface area (Å²) in [5.74, 6) is -1.13. The molecule has 0 heterocycles. The zero-order chi connectivity index (χ0) is 13.4. The van der Waals surface area contributed by atoms with Crippen LogP contribution in [0.4, 0.5) is 4.79 Å². The molecule has 0 bridgehead atoms. The molecule has 17 heavy (non-hydrogen) atoms. The lowest BCUT2D eigenvalue weighted by molar-refractivity contribution is -0.141. The second-order valence-corrected chi connectivity index (χ2v) is 4.48. The maximum absolute atomic E-state index is 11.6. The Morgan fingerprint density at radius 1 is 1.35 bits per heavy atom. The fraction of sp³-hybridized carbons (Fsp3) is 0.833. The Morgan fingerprint density at radius 3 is 2.41 bits per heavy atom. The van der Waals surface area contributed by atoms with Crippen LogP contribution in [0.15, 0.2) is 0 Å². The van der Waals surface area contributed by atoms with Gasteiger partial charge in [-0.15, -0.1) is 0 Å². The third-order valence-corrected chi connectivity index (χ3v) is 3.08. The summed E-state index contributed by atoms with van der Waals surface area (Å²) in [6, 6.07) is 0.121. The molecule has 0 aromatic heterocycles. The third-order valence-electron chi connectivity index (χ3n) is 3.08. The van der Waals surface area contributed by atoms with Crippen LogP contribution in [0, 0.1) is 5.92 Å². The molecule has 100 valence electrons. The second kappa shape index (κ2) is 7.92. The molecule has 0 aliphatic heterocycles. The number of rotatable bonds is 7. The Hall–Kier alpha value is -1.26. The van der Waals surface area contributed by atoms with Crippen molar-refractivity contribution in [1.29, 1.82) is 0 Å². The molecule has 0 aromatic rings. The minimum Gasteiger partial charge on any atom is -0.481 e. The first-order valence-corrected chi connectivity index (χ1v) is 6.13. The number of urea groups is 1. The molecular weight excluding hydrogens is 220 g/mol. The van der Waals surface area contributed by atoms with E-state index in [1.165, 1.54) is 0 Å². The standard InChI is InChI=1S/C12H24N2O3/c1-5-10(3)14(4)12(17)13-8-6-7-9(2)11(15)16/h9-10H,5-8H2,1-4H3,(H,13,17)(H,15,16). The van der Waals surface area contributed by atoms with Gasteiger partial charge in [0.05, 0.1) is 5.92 Å². The summed E-state index contributed by atoms with van der Waals surface area (Å²) in [6.07, 6.45) is 2.19. The first kappa shape index (κ1) is 15.7. The predicted octanol–water partition coefficient (Wildman–Crippen LogP) is 1.93. The average Bonchev–Trinajstić information content (AvgIpc) is 2.31. The number of hydrogen-bond donors (Lipinski definition) is 2. The average molecular weight is 244 g/mol.